The van der Waals surface area contributed by atoms with E-state index in [2.05, 4.69) is 15.4 Å². The topological polar surface area (TPSA) is 140 Å². The van der Waals surface area contributed by atoms with E-state index in [1.807, 2.05) is 25.5 Å². The predicted octanol–water partition coefficient (Wildman–Crippen LogP) is 3.24. The highest BCUT2D eigenvalue weighted by Crippen LogP contribution is 2.26. The Bertz CT molecular complexity index is 1420. The molecule has 0 spiro atoms. The lowest BCUT2D eigenvalue weighted by Gasteiger charge is -2.31. The third-order valence-electron chi connectivity index (χ3n) is 6.99. The fraction of sp³-hybridized carbons (Fsp3) is 0.462. The molecule has 1 aromatic carbocycles. The summed E-state index contributed by atoms with van der Waals surface area (Å²) in [6.07, 6.45) is 3.07. The SMILES string of the molecule is CCCCS(=O)(=O)N1CCC(Cn2nc(C)c(NC(=O)c3cc(C(N)=O)c4ccccc4n3)c2C)CC1. The Morgan fingerprint density at radius 3 is 2.54 bits per heavy atom. The maximum Gasteiger partial charge on any atom is 0.274 e. The van der Waals surface area contributed by atoms with Gasteiger partial charge in [0.2, 0.25) is 15.9 Å². The van der Waals surface area contributed by atoms with Crippen molar-refractivity contribution in [2.24, 2.45) is 11.7 Å². The summed E-state index contributed by atoms with van der Waals surface area (Å²) in [5.41, 5.74) is 8.46. The van der Waals surface area contributed by atoms with Gasteiger partial charge in [-0.25, -0.2) is 17.7 Å². The maximum absolute atomic E-state index is 13.1. The number of piperidine rings is 1. The molecule has 1 aliphatic heterocycles. The van der Waals surface area contributed by atoms with E-state index >= 15 is 0 Å². The van der Waals surface area contributed by atoms with E-state index in [1.54, 1.807) is 28.6 Å². The Kier molecular flexibility index (Phi) is 7.93. The van der Waals surface area contributed by atoms with Gasteiger partial charge < -0.3 is 11.1 Å². The second-order valence-corrected chi connectivity index (χ2v) is 11.7. The summed E-state index contributed by atoms with van der Waals surface area (Å²) in [5, 5.41) is 8.13. The van der Waals surface area contributed by atoms with Crippen LogP contribution < -0.4 is 11.1 Å². The number of hydrogen-bond acceptors (Lipinski definition) is 6. The normalized spacial score (nSPS) is 15.2. The van der Waals surface area contributed by atoms with Gasteiger partial charge in [0.05, 0.1) is 33.9 Å². The summed E-state index contributed by atoms with van der Waals surface area (Å²) < 4.78 is 28.5. The molecule has 198 valence electrons. The Morgan fingerprint density at radius 1 is 1.16 bits per heavy atom. The summed E-state index contributed by atoms with van der Waals surface area (Å²) in [4.78, 5) is 29.5. The van der Waals surface area contributed by atoms with Gasteiger partial charge in [0.1, 0.15) is 5.69 Å². The zero-order chi connectivity index (χ0) is 26.7. The summed E-state index contributed by atoms with van der Waals surface area (Å²) >= 11 is 0. The lowest BCUT2D eigenvalue weighted by Crippen LogP contribution is -2.40. The van der Waals surface area contributed by atoms with Crippen LogP contribution >= 0.6 is 0 Å². The quantitative estimate of drug-likeness (QED) is 0.439. The van der Waals surface area contributed by atoms with Crippen LogP contribution in [0.25, 0.3) is 10.9 Å². The number of benzene rings is 1. The van der Waals surface area contributed by atoms with Crippen LogP contribution in [-0.4, -0.2) is 58.1 Å². The third kappa shape index (κ3) is 5.83. The second kappa shape index (κ2) is 11.0. The number of carbonyl (C=O) groups excluding carboxylic acids is 2. The van der Waals surface area contributed by atoms with E-state index in [9.17, 15) is 18.0 Å². The number of fused-ring (bicyclic) bond motifs is 1. The van der Waals surface area contributed by atoms with Crippen LogP contribution in [0, 0.1) is 19.8 Å². The van der Waals surface area contributed by atoms with Gasteiger partial charge in [0.15, 0.2) is 0 Å². The highest BCUT2D eigenvalue weighted by atomic mass is 32.2. The van der Waals surface area contributed by atoms with Crippen molar-refractivity contribution < 1.29 is 18.0 Å². The second-order valence-electron chi connectivity index (χ2n) is 9.63. The molecule has 10 nitrogen and oxygen atoms in total. The molecule has 1 saturated heterocycles. The first-order valence-electron chi connectivity index (χ1n) is 12.6. The summed E-state index contributed by atoms with van der Waals surface area (Å²) in [5.74, 6) is -0.581. The standard InChI is InChI=1S/C26H34N6O4S/c1-4-5-14-37(35,36)31-12-10-19(11-13-31)16-32-18(3)24(17(2)30-32)29-26(34)23-15-21(25(27)33)20-8-6-7-9-22(20)28-23/h6-9,15,19H,4-5,10-14,16H2,1-3H3,(H2,27,33)(H,29,34). The van der Waals surface area contributed by atoms with Crippen molar-refractivity contribution >= 4 is 38.4 Å². The summed E-state index contributed by atoms with van der Waals surface area (Å²) in [6, 6.07) is 8.45. The van der Waals surface area contributed by atoms with Crippen molar-refractivity contribution in [2.45, 2.75) is 53.0 Å². The van der Waals surface area contributed by atoms with E-state index in [0.717, 1.165) is 25.0 Å². The Morgan fingerprint density at radius 2 is 1.86 bits per heavy atom. The van der Waals surface area contributed by atoms with E-state index in [4.69, 9.17) is 5.73 Å². The number of rotatable bonds is 9. The highest BCUT2D eigenvalue weighted by Gasteiger charge is 2.28. The van der Waals surface area contributed by atoms with Gasteiger partial charge in [-0.05, 0) is 51.2 Å². The number of nitrogens with zero attached hydrogens (tertiary/aromatic N) is 4. The number of primary amides is 1. The molecule has 1 aliphatic rings. The molecule has 37 heavy (non-hydrogen) atoms. The average molecular weight is 527 g/mol. The smallest absolute Gasteiger partial charge is 0.274 e. The van der Waals surface area contributed by atoms with E-state index in [1.165, 1.54) is 6.07 Å². The van der Waals surface area contributed by atoms with Crippen LogP contribution in [0.2, 0.25) is 0 Å². The van der Waals surface area contributed by atoms with Gasteiger partial charge in [-0.3, -0.25) is 14.3 Å². The maximum atomic E-state index is 13.1. The van der Waals surface area contributed by atoms with Crippen LogP contribution in [0.5, 0.6) is 0 Å². The van der Waals surface area contributed by atoms with Crippen LogP contribution in [0.3, 0.4) is 0 Å². The van der Waals surface area contributed by atoms with E-state index in [0.29, 0.717) is 54.3 Å². The number of anilines is 1. The van der Waals surface area contributed by atoms with Crippen LogP contribution in [-0.2, 0) is 16.6 Å². The minimum absolute atomic E-state index is 0.0932. The largest absolute Gasteiger partial charge is 0.366 e. The third-order valence-corrected chi connectivity index (χ3v) is 8.94. The van der Waals surface area contributed by atoms with Gasteiger partial charge in [-0.15, -0.1) is 0 Å². The van der Waals surface area contributed by atoms with E-state index < -0.39 is 21.8 Å². The summed E-state index contributed by atoms with van der Waals surface area (Å²) in [7, 11) is -3.19. The number of aromatic nitrogens is 3. The fourth-order valence-electron chi connectivity index (χ4n) is 4.80. The van der Waals surface area contributed by atoms with Crippen molar-refractivity contribution in [2.75, 3.05) is 24.2 Å². The molecule has 0 unspecified atom stereocenters. The molecule has 0 saturated carbocycles. The zero-order valence-electron chi connectivity index (χ0n) is 21.5. The number of carbonyl (C=O) groups is 2. The molecule has 0 aliphatic carbocycles. The highest BCUT2D eigenvalue weighted by molar-refractivity contribution is 7.89. The Hall–Kier alpha value is -3.31. The first-order valence-corrected chi connectivity index (χ1v) is 14.2. The number of nitrogens with one attached hydrogen (secondary N) is 1. The Labute approximate surface area is 217 Å². The van der Waals surface area contributed by atoms with Crippen molar-refractivity contribution in [3.05, 3.63) is 53.0 Å². The number of amides is 2. The first-order chi connectivity index (χ1) is 17.6. The molecule has 4 rings (SSSR count). The van der Waals surface area contributed by atoms with Crippen molar-refractivity contribution in [1.82, 2.24) is 19.1 Å². The minimum Gasteiger partial charge on any atom is -0.366 e. The van der Waals surface area contributed by atoms with Gasteiger partial charge in [0.25, 0.3) is 5.91 Å². The molecule has 3 heterocycles. The minimum atomic E-state index is -3.19. The molecular formula is C26H34N6O4S. The average Bonchev–Trinajstić information content (AvgIpc) is 3.14. The molecule has 2 aromatic heterocycles. The van der Waals surface area contributed by atoms with Gasteiger partial charge >= 0.3 is 0 Å². The summed E-state index contributed by atoms with van der Waals surface area (Å²) in [6.45, 7) is 7.40. The molecule has 3 N–H and O–H groups in total. The molecular weight excluding hydrogens is 492 g/mol. The van der Waals surface area contributed by atoms with Crippen molar-refractivity contribution in [1.29, 1.82) is 0 Å². The predicted molar refractivity (Wildman–Crippen MR) is 143 cm³/mol. The lowest BCUT2D eigenvalue weighted by molar-refractivity contribution is 0.100. The molecule has 3 aromatic rings. The van der Waals surface area contributed by atoms with Gasteiger partial charge in [0, 0.05) is 25.0 Å². The van der Waals surface area contributed by atoms with Crippen molar-refractivity contribution in [3.8, 4) is 0 Å². The first kappa shape index (κ1) is 26.7. The molecule has 0 bridgehead atoms. The number of aryl methyl sites for hydroxylation is 1. The lowest BCUT2D eigenvalue weighted by atomic mass is 9.98. The van der Waals surface area contributed by atoms with Crippen LogP contribution in [0.4, 0.5) is 5.69 Å². The number of nitrogens with two attached hydrogens (primary N) is 1. The van der Waals surface area contributed by atoms with Crippen LogP contribution in [0.15, 0.2) is 30.3 Å². The number of para-hydroxylation sites is 1. The number of hydrogen-bond donors (Lipinski definition) is 2. The molecule has 0 atom stereocenters. The monoisotopic (exact) mass is 526 g/mol. The number of sulfonamides is 1. The fourth-order valence-corrected chi connectivity index (χ4v) is 6.48. The van der Waals surface area contributed by atoms with E-state index in [-0.39, 0.29) is 17.0 Å². The van der Waals surface area contributed by atoms with Gasteiger partial charge in [-0.1, -0.05) is 31.5 Å². The Balaban J connectivity index is 1.46. The molecule has 2 amide bonds. The van der Waals surface area contributed by atoms with Crippen LogP contribution in [0.1, 0.15) is 64.8 Å². The van der Waals surface area contributed by atoms with Crippen molar-refractivity contribution in [3.63, 3.8) is 0 Å². The molecule has 1 fully saturated rings. The zero-order valence-corrected chi connectivity index (χ0v) is 22.3. The molecule has 0 radical (unpaired) electrons. The van der Waals surface area contributed by atoms with Gasteiger partial charge in [-0.2, -0.15) is 5.10 Å². The molecule has 11 heteroatoms. The number of unbranched alkanes of at least 4 members (excludes halogenated alkanes) is 1. The number of pyridine rings is 1.